The van der Waals surface area contributed by atoms with Crippen molar-refractivity contribution >= 4 is 28.4 Å². The molecule has 3 heterocycles. The van der Waals surface area contributed by atoms with E-state index in [1.165, 1.54) is 51.8 Å². The van der Waals surface area contributed by atoms with Crippen LogP contribution < -0.4 is 5.32 Å². The first-order valence-electron chi connectivity index (χ1n) is 13.0. The van der Waals surface area contributed by atoms with E-state index in [1.807, 2.05) is 4.52 Å². The minimum Gasteiger partial charge on any atom is -0.317 e. The number of nitrogens with one attached hydrogen (secondary N) is 1. The van der Waals surface area contributed by atoms with Gasteiger partial charge in [0.25, 0.3) is 0 Å². The van der Waals surface area contributed by atoms with Crippen LogP contribution in [0, 0.1) is 12.8 Å². The summed E-state index contributed by atoms with van der Waals surface area (Å²) >= 11 is 6.95. The first-order valence-corrected chi connectivity index (χ1v) is 13.4. The van der Waals surface area contributed by atoms with Crippen LogP contribution in [0.15, 0.2) is 30.7 Å². The zero-order chi connectivity index (χ0) is 24.2. The molecule has 0 spiro atoms. The number of hydrogen-bond donors (Lipinski definition) is 1. The molecule has 2 aromatic heterocycles. The molecule has 4 nitrogen and oxygen atoms in total. The van der Waals surface area contributed by atoms with E-state index in [0.717, 1.165) is 49.4 Å². The van der Waals surface area contributed by atoms with Crippen LogP contribution in [0.3, 0.4) is 0 Å². The summed E-state index contributed by atoms with van der Waals surface area (Å²) in [4.78, 5) is 4.42. The molecule has 182 valence electrons. The van der Waals surface area contributed by atoms with Crippen molar-refractivity contribution in [2.24, 2.45) is 5.92 Å². The molecule has 0 saturated carbocycles. The van der Waals surface area contributed by atoms with Crippen LogP contribution in [0.2, 0.25) is 5.02 Å². The molecule has 0 atom stereocenters. The molecule has 0 unspecified atom stereocenters. The van der Waals surface area contributed by atoms with Crippen molar-refractivity contribution in [3.63, 3.8) is 0 Å². The van der Waals surface area contributed by atoms with E-state index >= 15 is 0 Å². The van der Waals surface area contributed by atoms with Crippen molar-refractivity contribution in [1.82, 2.24) is 19.9 Å². The summed E-state index contributed by atoms with van der Waals surface area (Å²) in [5.41, 5.74) is 10.3. The largest absolute Gasteiger partial charge is 0.317 e. The van der Waals surface area contributed by atoms with Gasteiger partial charge in [-0.3, -0.25) is 0 Å². The molecule has 1 saturated heterocycles. The van der Waals surface area contributed by atoms with Crippen molar-refractivity contribution in [2.45, 2.75) is 79.1 Å². The summed E-state index contributed by atoms with van der Waals surface area (Å²) in [6.07, 6.45) is 10.3. The van der Waals surface area contributed by atoms with Gasteiger partial charge in [-0.25, -0.2) is 9.50 Å². The van der Waals surface area contributed by atoms with Gasteiger partial charge in [-0.1, -0.05) is 70.3 Å². The second-order valence-corrected chi connectivity index (χ2v) is 10.4. The molecular formula is C29H39ClN4. The summed E-state index contributed by atoms with van der Waals surface area (Å²) in [6, 6.07) is 7.18. The molecule has 1 aliphatic rings. The number of piperidine rings is 1. The Balaban J connectivity index is 1.97. The zero-order valence-electron chi connectivity index (χ0n) is 21.4. The summed E-state index contributed by atoms with van der Waals surface area (Å²) < 4.78 is 1.85. The molecule has 3 aromatic rings. The van der Waals surface area contributed by atoms with E-state index in [4.69, 9.17) is 11.6 Å². The van der Waals surface area contributed by atoms with Gasteiger partial charge in [-0.2, -0.15) is 5.10 Å². The smallest absolute Gasteiger partial charge is 0.174 e. The molecule has 1 fully saturated rings. The fourth-order valence-electron chi connectivity index (χ4n) is 5.53. The average molecular weight is 479 g/mol. The normalized spacial score (nSPS) is 15.9. The fourth-order valence-corrected chi connectivity index (χ4v) is 5.87. The first-order chi connectivity index (χ1) is 16.5. The van der Waals surface area contributed by atoms with E-state index in [1.54, 1.807) is 6.33 Å². The summed E-state index contributed by atoms with van der Waals surface area (Å²) in [7, 11) is 0. The summed E-state index contributed by atoms with van der Waals surface area (Å²) in [5.74, 6) is 1.03. The quantitative estimate of drug-likeness (QED) is 0.365. The highest BCUT2D eigenvalue weighted by Crippen LogP contribution is 2.41. The van der Waals surface area contributed by atoms with Crippen LogP contribution in [0.5, 0.6) is 0 Å². The Kier molecular flexibility index (Phi) is 8.10. The maximum atomic E-state index is 6.95. The van der Waals surface area contributed by atoms with Gasteiger partial charge in [-0.05, 0) is 90.9 Å². The number of aromatic nitrogens is 3. The third-order valence-corrected chi connectivity index (χ3v) is 7.60. The molecule has 34 heavy (non-hydrogen) atoms. The van der Waals surface area contributed by atoms with E-state index in [0.29, 0.717) is 11.8 Å². The molecule has 5 heteroatoms. The van der Waals surface area contributed by atoms with Crippen LogP contribution in [0.25, 0.3) is 16.8 Å². The lowest BCUT2D eigenvalue weighted by atomic mass is 9.80. The number of aryl methyl sites for hydroxylation is 1. The monoisotopic (exact) mass is 478 g/mol. The molecular weight excluding hydrogens is 440 g/mol. The number of halogens is 1. The van der Waals surface area contributed by atoms with Gasteiger partial charge < -0.3 is 5.32 Å². The predicted molar refractivity (Wildman–Crippen MR) is 145 cm³/mol. The molecule has 0 radical (unpaired) electrons. The Bertz CT molecular complexity index is 1170. The van der Waals surface area contributed by atoms with Gasteiger partial charge in [0, 0.05) is 11.8 Å². The van der Waals surface area contributed by atoms with E-state index in [9.17, 15) is 0 Å². The highest BCUT2D eigenvalue weighted by Gasteiger charge is 2.23. The lowest BCUT2D eigenvalue weighted by Gasteiger charge is -2.27. The Labute approximate surface area is 209 Å². The zero-order valence-corrected chi connectivity index (χ0v) is 22.2. The maximum absolute atomic E-state index is 6.95. The van der Waals surface area contributed by atoms with Gasteiger partial charge in [0.1, 0.15) is 6.33 Å². The molecule has 1 aliphatic heterocycles. The van der Waals surface area contributed by atoms with Crippen LogP contribution in [-0.2, 0) is 6.42 Å². The number of rotatable bonds is 8. The minimum absolute atomic E-state index is 0.392. The second kappa shape index (κ2) is 11.0. The Morgan fingerprint density at radius 1 is 1.15 bits per heavy atom. The molecule has 4 rings (SSSR count). The van der Waals surface area contributed by atoms with Gasteiger partial charge in [0.05, 0.1) is 5.02 Å². The maximum Gasteiger partial charge on any atom is 0.174 e. The lowest BCUT2D eigenvalue weighted by molar-refractivity contribution is 0.460. The van der Waals surface area contributed by atoms with E-state index in [2.05, 4.69) is 74.4 Å². The van der Waals surface area contributed by atoms with Crippen molar-refractivity contribution < 1.29 is 0 Å². The van der Waals surface area contributed by atoms with Crippen LogP contribution in [0.1, 0.15) is 93.5 Å². The molecule has 0 aliphatic carbocycles. The number of fused-ring (bicyclic) bond motifs is 1. The lowest BCUT2D eigenvalue weighted by Crippen LogP contribution is -2.26. The van der Waals surface area contributed by atoms with Gasteiger partial charge >= 0.3 is 0 Å². The Morgan fingerprint density at radius 2 is 1.91 bits per heavy atom. The SMILES string of the molecule is CCC/C(=C(\c1cc(C2CCNCC2)ccc1C)C(C)C)c1cn2ncnc2c(Cl)c1CCC. The number of hydrogen-bond acceptors (Lipinski definition) is 3. The molecule has 1 N–H and O–H groups in total. The summed E-state index contributed by atoms with van der Waals surface area (Å²) in [5, 5.41) is 8.70. The predicted octanol–water partition coefficient (Wildman–Crippen LogP) is 7.48. The van der Waals surface area contributed by atoms with Crippen LogP contribution in [-0.4, -0.2) is 27.7 Å². The summed E-state index contributed by atoms with van der Waals surface area (Å²) in [6.45, 7) is 13.6. The van der Waals surface area contributed by atoms with Gasteiger partial charge in [0.2, 0.25) is 0 Å². The minimum atomic E-state index is 0.392. The first kappa shape index (κ1) is 24.9. The fraction of sp³-hybridized carbons (Fsp3) is 0.517. The number of benzene rings is 1. The second-order valence-electron chi connectivity index (χ2n) is 10.0. The van der Waals surface area contributed by atoms with Gasteiger partial charge in [-0.15, -0.1) is 0 Å². The molecule has 0 bridgehead atoms. The van der Waals surface area contributed by atoms with E-state index < -0.39 is 0 Å². The van der Waals surface area contributed by atoms with E-state index in [-0.39, 0.29) is 0 Å². The highest BCUT2D eigenvalue weighted by molar-refractivity contribution is 6.34. The topological polar surface area (TPSA) is 42.2 Å². The molecule has 0 amide bonds. The van der Waals surface area contributed by atoms with Crippen molar-refractivity contribution in [3.05, 3.63) is 63.6 Å². The Hall–Kier alpha value is -2.17. The average Bonchev–Trinajstić information content (AvgIpc) is 3.31. The van der Waals surface area contributed by atoms with Crippen LogP contribution in [0.4, 0.5) is 0 Å². The van der Waals surface area contributed by atoms with Crippen LogP contribution >= 0.6 is 11.6 Å². The third kappa shape index (κ3) is 4.94. The number of nitrogens with zero attached hydrogens (tertiary/aromatic N) is 3. The molecule has 1 aromatic carbocycles. The number of pyridine rings is 1. The third-order valence-electron chi connectivity index (χ3n) is 7.20. The highest BCUT2D eigenvalue weighted by atomic mass is 35.5. The van der Waals surface area contributed by atoms with Gasteiger partial charge in [0.15, 0.2) is 5.65 Å². The Morgan fingerprint density at radius 3 is 2.59 bits per heavy atom. The standard InChI is InChI=1S/C29H39ClN4/c1-6-8-23(26-17-34-29(32-18-33-34)28(30)24(26)9-7-2)27(19(3)4)25-16-22(11-10-20(25)5)21-12-14-31-15-13-21/h10-11,16-19,21,31H,6-9,12-15H2,1-5H3/b27-23+. The van der Waals surface area contributed by atoms with Crippen molar-refractivity contribution in [3.8, 4) is 0 Å². The number of allylic oxidation sites excluding steroid dienone is 2. The van der Waals surface area contributed by atoms with Crippen molar-refractivity contribution in [1.29, 1.82) is 0 Å². The van der Waals surface area contributed by atoms with Crippen molar-refractivity contribution in [2.75, 3.05) is 13.1 Å².